The quantitative estimate of drug-likeness (QED) is 0.545. The molecule has 160 valence electrons. The van der Waals surface area contributed by atoms with Gasteiger partial charge in [-0.1, -0.05) is 38.2 Å². The molecule has 5 aliphatic carbocycles. The average molecular weight is 399 g/mol. The number of carbonyl (C=O) groups excluding carboxylic acids is 2. The van der Waals surface area contributed by atoms with Crippen molar-refractivity contribution in [1.82, 2.24) is 0 Å². The molecule has 0 aromatic heterocycles. The molecule has 0 saturated heterocycles. The summed E-state index contributed by atoms with van der Waals surface area (Å²) in [5, 5.41) is 0. The number of hydrogen-bond donors (Lipinski definition) is 0. The summed E-state index contributed by atoms with van der Waals surface area (Å²) in [7, 11) is 0. The Morgan fingerprint density at radius 3 is 2.69 bits per heavy atom. The van der Waals surface area contributed by atoms with Crippen LogP contribution in [-0.2, 0) is 14.3 Å². The largest absolute Gasteiger partial charge is 0.462 e. The van der Waals surface area contributed by atoms with E-state index in [1.54, 1.807) is 0 Å². The van der Waals surface area contributed by atoms with E-state index >= 15 is 0 Å². The van der Waals surface area contributed by atoms with Gasteiger partial charge in [-0.05, 0) is 87.0 Å². The second kappa shape index (κ2) is 7.85. The van der Waals surface area contributed by atoms with Crippen molar-refractivity contribution in [2.75, 3.05) is 0 Å². The van der Waals surface area contributed by atoms with Crippen LogP contribution in [0.15, 0.2) is 11.6 Å². The minimum absolute atomic E-state index is 0.0607. The normalized spacial score (nSPS) is 42.0. The van der Waals surface area contributed by atoms with E-state index in [1.807, 2.05) is 6.08 Å². The molecule has 6 atom stereocenters. The second-order valence-electron chi connectivity index (χ2n) is 11.1. The summed E-state index contributed by atoms with van der Waals surface area (Å²) in [6.07, 6.45) is 18.0. The van der Waals surface area contributed by atoms with Gasteiger partial charge in [-0.2, -0.15) is 0 Å². The summed E-state index contributed by atoms with van der Waals surface area (Å²) >= 11 is 0. The molecule has 5 rings (SSSR count). The predicted octanol–water partition coefficient (Wildman–Crippen LogP) is 6.01. The first-order valence-corrected chi connectivity index (χ1v) is 12.5. The van der Waals surface area contributed by atoms with E-state index in [0.29, 0.717) is 24.0 Å². The number of allylic oxidation sites excluding steroid dienone is 1. The van der Waals surface area contributed by atoms with Crippen molar-refractivity contribution in [2.24, 2.45) is 35.0 Å². The minimum Gasteiger partial charge on any atom is -0.462 e. The monoisotopic (exact) mass is 398 g/mol. The molecule has 0 aliphatic heterocycles. The van der Waals surface area contributed by atoms with Crippen molar-refractivity contribution >= 4 is 11.8 Å². The van der Waals surface area contributed by atoms with Crippen molar-refractivity contribution in [3.63, 3.8) is 0 Å². The Balaban J connectivity index is 1.22. The number of fused-ring (bicyclic) bond motifs is 5. The highest BCUT2D eigenvalue weighted by atomic mass is 16.5. The molecule has 4 fully saturated rings. The lowest BCUT2D eigenvalue weighted by Gasteiger charge is -2.53. The van der Waals surface area contributed by atoms with Crippen LogP contribution in [0, 0.1) is 35.0 Å². The van der Waals surface area contributed by atoms with Crippen LogP contribution in [0.3, 0.4) is 0 Å². The number of carbonyl (C=O) groups is 2. The highest BCUT2D eigenvalue weighted by Gasteiger charge is 2.57. The fourth-order valence-electron chi connectivity index (χ4n) is 8.16. The number of esters is 1. The molecule has 0 radical (unpaired) electrons. The van der Waals surface area contributed by atoms with Crippen molar-refractivity contribution < 1.29 is 14.3 Å². The predicted molar refractivity (Wildman–Crippen MR) is 113 cm³/mol. The maximum absolute atomic E-state index is 12.6. The first-order valence-electron chi connectivity index (χ1n) is 12.5. The summed E-state index contributed by atoms with van der Waals surface area (Å²) in [4.78, 5) is 24.5. The molecule has 0 bridgehead atoms. The molecule has 3 heteroatoms. The summed E-state index contributed by atoms with van der Waals surface area (Å²) in [6.45, 7) is 2.42. The van der Waals surface area contributed by atoms with Crippen LogP contribution >= 0.6 is 0 Å². The van der Waals surface area contributed by atoms with Crippen molar-refractivity contribution in [1.29, 1.82) is 0 Å². The van der Waals surface area contributed by atoms with Crippen LogP contribution in [0.2, 0.25) is 0 Å². The zero-order valence-electron chi connectivity index (χ0n) is 18.2. The Hall–Kier alpha value is -1.12. The fraction of sp³-hybridized carbons (Fsp3) is 0.846. The fourth-order valence-corrected chi connectivity index (χ4v) is 8.16. The number of hydrogen-bond acceptors (Lipinski definition) is 3. The van der Waals surface area contributed by atoms with Gasteiger partial charge in [-0.15, -0.1) is 0 Å². The zero-order valence-corrected chi connectivity index (χ0v) is 18.2. The third-order valence-corrected chi connectivity index (χ3v) is 9.72. The van der Waals surface area contributed by atoms with Gasteiger partial charge in [0, 0.05) is 18.3 Å². The molecule has 0 amide bonds. The van der Waals surface area contributed by atoms with Crippen molar-refractivity contribution in [3.8, 4) is 0 Å². The van der Waals surface area contributed by atoms with Gasteiger partial charge < -0.3 is 4.74 Å². The highest BCUT2D eigenvalue weighted by Crippen LogP contribution is 2.62. The van der Waals surface area contributed by atoms with E-state index in [9.17, 15) is 9.59 Å². The third kappa shape index (κ3) is 3.61. The van der Waals surface area contributed by atoms with Crippen LogP contribution in [-0.4, -0.2) is 17.9 Å². The second-order valence-corrected chi connectivity index (χ2v) is 11.1. The summed E-state index contributed by atoms with van der Waals surface area (Å²) in [5.74, 6) is 4.06. The molecule has 0 heterocycles. The van der Waals surface area contributed by atoms with Gasteiger partial charge in [0.2, 0.25) is 0 Å². The molecular weight excluding hydrogens is 360 g/mol. The molecule has 29 heavy (non-hydrogen) atoms. The zero-order chi connectivity index (χ0) is 20.0. The Morgan fingerprint density at radius 1 is 1.03 bits per heavy atom. The summed E-state index contributed by atoms with van der Waals surface area (Å²) in [5.41, 5.74) is 1.63. The van der Waals surface area contributed by atoms with Crippen LogP contribution in [0.5, 0.6) is 0 Å². The Bertz CT molecular complexity index is 688. The molecule has 0 aromatic carbocycles. The SMILES string of the molecule is C[C@]12CC[C@H]3[C@H](CCC4=CC(=O)CC[C@H]43)[C@@H]1CC[C@H]2OC(=O)CCC1CCCC1. The van der Waals surface area contributed by atoms with Gasteiger partial charge in [0.05, 0.1) is 0 Å². The molecular formula is C26H38O3. The van der Waals surface area contributed by atoms with E-state index in [2.05, 4.69) is 6.92 Å². The van der Waals surface area contributed by atoms with E-state index in [0.717, 1.165) is 49.9 Å². The van der Waals surface area contributed by atoms with Crippen LogP contribution < -0.4 is 0 Å². The van der Waals surface area contributed by atoms with Crippen LogP contribution in [0.25, 0.3) is 0 Å². The first-order chi connectivity index (χ1) is 14.0. The van der Waals surface area contributed by atoms with E-state index in [1.165, 1.54) is 56.9 Å². The van der Waals surface area contributed by atoms with Crippen molar-refractivity contribution in [3.05, 3.63) is 11.6 Å². The highest BCUT2D eigenvalue weighted by molar-refractivity contribution is 5.91. The Kier molecular flexibility index (Phi) is 5.37. The van der Waals surface area contributed by atoms with Gasteiger partial charge in [0.15, 0.2) is 5.78 Å². The lowest BCUT2D eigenvalue weighted by atomic mass is 9.52. The maximum atomic E-state index is 12.6. The third-order valence-electron chi connectivity index (χ3n) is 9.72. The van der Waals surface area contributed by atoms with Crippen LogP contribution in [0.1, 0.15) is 96.8 Å². The van der Waals surface area contributed by atoms with E-state index < -0.39 is 0 Å². The number of ketones is 1. The molecule has 0 aromatic rings. The minimum atomic E-state index is 0.0607. The Labute approximate surface area is 176 Å². The van der Waals surface area contributed by atoms with Gasteiger partial charge in [-0.25, -0.2) is 0 Å². The van der Waals surface area contributed by atoms with Gasteiger partial charge in [0.25, 0.3) is 0 Å². The van der Waals surface area contributed by atoms with E-state index in [4.69, 9.17) is 4.74 Å². The first kappa shape index (κ1) is 19.8. The molecule has 4 saturated carbocycles. The van der Waals surface area contributed by atoms with Gasteiger partial charge in [-0.3, -0.25) is 9.59 Å². The maximum Gasteiger partial charge on any atom is 0.306 e. The number of ether oxygens (including phenoxy) is 1. The van der Waals surface area contributed by atoms with Crippen molar-refractivity contribution in [2.45, 2.75) is 103 Å². The molecule has 5 aliphatic rings. The topological polar surface area (TPSA) is 43.4 Å². The lowest BCUT2D eigenvalue weighted by Crippen LogP contribution is -2.48. The average Bonchev–Trinajstić information content (AvgIpc) is 3.34. The standard InChI is InChI=1S/C26H38O3/c1-26-15-14-21-20-10-8-19(27)16-18(20)7-9-22(21)23(26)11-12-24(26)29-25(28)13-6-17-4-2-3-5-17/h16-17,20-24H,2-15H2,1H3/t20-,21-,22+,23+,24-,26+/m1/s1. The Morgan fingerprint density at radius 2 is 1.86 bits per heavy atom. The smallest absolute Gasteiger partial charge is 0.306 e. The molecule has 3 nitrogen and oxygen atoms in total. The summed E-state index contributed by atoms with van der Waals surface area (Å²) in [6, 6.07) is 0. The van der Waals surface area contributed by atoms with E-state index in [-0.39, 0.29) is 17.5 Å². The van der Waals surface area contributed by atoms with Gasteiger partial charge >= 0.3 is 5.97 Å². The summed E-state index contributed by atoms with van der Waals surface area (Å²) < 4.78 is 6.15. The van der Waals surface area contributed by atoms with Gasteiger partial charge in [0.1, 0.15) is 6.10 Å². The molecule has 0 unspecified atom stereocenters. The lowest BCUT2D eigenvalue weighted by molar-refractivity contribution is -0.159. The molecule has 0 N–H and O–H groups in total. The number of rotatable bonds is 4. The van der Waals surface area contributed by atoms with Crippen LogP contribution in [0.4, 0.5) is 0 Å². The molecule has 0 spiro atoms.